The van der Waals surface area contributed by atoms with Crippen LogP contribution in [0.5, 0.6) is 0 Å². The Morgan fingerprint density at radius 3 is 1.91 bits per heavy atom. The van der Waals surface area contributed by atoms with Gasteiger partial charge in [0.1, 0.15) is 5.82 Å². The normalized spacial score (nSPS) is 20.6. The second-order valence-electron chi connectivity index (χ2n) is 8.28. The van der Waals surface area contributed by atoms with Crippen LogP contribution in [0.1, 0.15) is 25.7 Å². The van der Waals surface area contributed by atoms with Gasteiger partial charge in [-0.25, -0.2) is 21.2 Å². The number of nitrogens with one attached hydrogen (secondary N) is 1. The maximum Gasteiger partial charge on any atom is 0.243 e. The van der Waals surface area contributed by atoms with Gasteiger partial charge in [-0.2, -0.15) is 8.61 Å². The van der Waals surface area contributed by atoms with Crippen molar-refractivity contribution in [1.29, 1.82) is 0 Å². The first-order valence-electron chi connectivity index (χ1n) is 10.8. The summed E-state index contributed by atoms with van der Waals surface area (Å²) in [6, 6.07) is 10.6. The zero-order valence-electron chi connectivity index (χ0n) is 18.0. The number of halogens is 1. The number of anilines is 1. The molecule has 1 atom stereocenters. The van der Waals surface area contributed by atoms with Gasteiger partial charge in [0.15, 0.2) is 0 Å². The molecule has 2 aromatic carbocycles. The average Bonchev–Trinajstić information content (AvgIpc) is 3.36. The topological polar surface area (TPSA) is 104 Å². The number of hydrogen-bond donors (Lipinski definition) is 1. The second-order valence-corrected chi connectivity index (χ2v) is 12.2. The molecule has 2 heterocycles. The third kappa shape index (κ3) is 5.11. The van der Waals surface area contributed by atoms with E-state index in [4.69, 9.17) is 0 Å². The number of rotatable bonds is 6. The first-order chi connectivity index (χ1) is 15.7. The molecule has 0 unspecified atom stereocenters. The molecule has 2 aliphatic heterocycles. The van der Waals surface area contributed by atoms with Crippen molar-refractivity contribution in [3.05, 3.63) is 54.3 Å². The third-order valence-corrected chi connectivity index (χ3v) is 9.82. The van der Waals surface area contributed by atoms with Gasteiger partial charge in [0.25, 0.3) is 0 Å². The Kier molecular flexibility index (Phi) is 6.85. The number of benzene rings is 2. The van der Waals surface area contributed by atoms with Crippen LogP contribution in [-0.4, -0.2) is 57.5 Å². The van der Waals surface area contributed by atoms with E-state index in [0.29, 0.717) is 31.6 Å². The van der Waals surface area contributed by atoms with E-state index in [-0.39, 0.29) is 28.8 Å². The van der Waals surface area contributed by atoms with Gasteiger partial charge in [0, 0.05) is 31.9 Å². The Labute approximate surface area is 193 Å². The predicted octanol–water partition coefficient (Wildman–Crippen LogP) is 2.65. The van der Waals surface area contributed by atoms with Gasteiger partial charge in [-0.1, -0.05) is 0 Å². The number of sulfonamides is 2. The van der Waals surface area contributed by atoms with Crippen molar-refractivity contribution in [3.8, 4) is 0 Å². The van der Waals surface area contributed by atoms with Gasteiger partial charge in [-0.15, -0.1) is 0 Å². The summed E-state index contributed by atoms with van der Waals surface area (Å²) in [6.07, 6.45) is 2.75. The summed E-state index contributed by atoms with van der Waals surface area (Å²) in [5, 5.41) is 2.76. The van der Waals surface area contributed by atoms with Crippen molar-refractivity contribution in [2.45, 2.75) is 35.5 Å². The highest BCUT2D eigenvalue weighted by molar-refractivity contribution is 7.89. The molecule has 2 aromatic rings. The SMILES string of the molecule is O=C(Nc1ccc(S(=O)(=O)N2CCCC2)cc1)[C@@H]1CCCN(S(=O)(=O)c2ccc(F)cc2)C1. The fraction of sp³-hybridized carbons (Fsp3) is 0.409. The van der Waals surface area contributed by atoms with E-state index in [1.165, 1.54) is 45.0 Å². The number of carbonyl (C=O) groups is 1. The van der Waals surface area contributed by atoms with E-state index in [2.05, 4.69) is 5.32 Å². The molecule has 2 fully saturated rings. The standard InChI is InChI=1S/C22H26FN3O5S2/c23-18-5-9-20(10-6-18)33(30,31)26-15-3-4-17(16-26)22(27)24-19-7-11-21(12-8-19)32(28,29)25-13-1-2-14-25/h5-12,17H,1-4,13-16H2,(H,24,27)/t17-/m1/s1. The van der Waals surface area contributed by atoms with E-state index in [1.807, 2.05) is 0 Å². The van der Waals surface area contributed by atoms with E-state index in [9.17, 15) is 26.0 Å². The zero-order chi connectivity index (χ0) is 23.6. The highest BCUT2D eigenvalue weighted by atomic mass is 32.2. The van der Waals surface area contributed by atoms with Crippen LogP contribution in [0.15, 0.2) is 58.3 Å². The zero-order valence-corrected chi connectivity index (χ0v) is 19.6. The van der Waals surface area contributed by atoms with Gasteiger partial charge < -0.3 is 5.32 Å². The van der Waals surface area contributed by atoms with Gasteiger partial charge >= 0.3 is 0 Å². The molecule has 0 radical (unpaired) electrons. The molecule has 1 N–H and O–H groups in total. The van der Waals surface area contributed by atoms with E-state index in [0.717, 1.165) is 25.0 Å². The Bertz CT molecular complexity index is 1210. The first kappa shape index (κ1) is 23.8. The molecular weight excluding hydrogens is 469 g/mol. The van der Waals surface area contributed by atoms with Gasteiger partial charge in [-0.3, -0.25) is 4.79 Å². The summed E-state index contributed by atoms with van der Waals surface area (Å²) in [6.45, 7) is 1.33. The lowest BCUT2D eigenvalue weighted by molar-refractivity contribution is -0.120. The van der Waals surface area contributed by atoms with Crippen LogP contribution >= 0.6 is 0 Å². The molecule has 2 saturated heterocycles. The number of nitrogens with zero attached hydrogens (tertiary/aromatic N) is 2. The summed E-state index contributed by atoms with van der Waals surface area (Å²) in [5.41, 5.74) is 0.443. The monoisotopic (exact) mass is 495 g/mol. The Hall–Kier alpha value is -2.34. The summed E-state index contributed by atoms with van der Waals surface area (Å²) in [7, 11) is -7.37. The highest BCUT2D eigenvalue weighted by Crippen LogP contribution is 2.26. The van der Waals surface area contributed by atoms with Gasteiger partial charge in [-0.05, 0) is 74.2 Å². The average molecular weight is 496 g/mol. The summed E-state index contributed by atoms with van der Waals surface area (Å²) >= 11 is 0. The molecule has 178 valence electrons. The van der Waals surface area contributed by atoms with Crippen molar-refractivity contribution in [1.82, 2.24) is 8.61 Å². The number of amides is 1. The minimum Gasteiger partial charge on any atom is -0.326 e. The lowest BCUT2D eigenvalue weighted by Crippen LogP contribution is -2.43. The van der Waals surface area contributed by atoms with Crippen LogP contribution < -0.4 is 5.32 Å². The fourth-order valence-corrected chi connectivity index (χ4v) is 7.20. The molecule has 0 spiro atoms. The number of piperidine rings is 1. The molecule has 0 aromatic heterocycles. The Balaban J connectivity index is 1.41. The van der Waals surface area contributed by atoms with Crippen LogP contribution in [0.2, 0.25) is 0 Å². The summed E-state index contributed by atoms with van der Waals surface area (Å²) < 4.78 is 66.9. The largest absolute Gasteiger partial charge is 0.326 e. The summed E-state index contributed by atoms with van der Waals surface area (Å²) in [5.74, 6) is -1.41. The number of hydrogen-bond acceptors (Lipinski definition) is 5. The van der Waals surface area contributed by atoms with Crippen LogP contribution in [0, 0.1) is 11.7 Å². The first-order valence-corrected chi connectivity index (χ1v) is 13.7. The minimum atomic E-state index is -3.83. The maximum absolute atomic E-state index is 13.2. The molecule has 33 heavy (non-hydrogen) atoms. The summed E-state index contributed by atoms with van der Waals surface area (Å²) in [4.78, 5) is 13.0. The molecule has 1 amide bonds. The lowest BCUT2D eigenvalue weighted by Gasteiger charge is -2.31. The van der Waals surface area contributed by atoms with Crippen LogP contribution in [0.4, 0.5) is 10.1 Å². The predicted molar refractivity (Wildman–Crippen MR) is 121 cm³/mol. The van der Waals surface area contributed by atoms with Crippen molar-refractivity contribution >= 4 is 31.6 Å². The molecular formula is C22H26FN3O5S2. The molecule has 0 bridgehead atoms. The van der Waals surface area contributed by atoms with Crippen LogP contribution in [-0.2, 0) is 24.8 Å². The molecule has 4 rings (SSSR count). The Morgan fingerprint density at radius 1 is 0.788 bits per heavy atom. The third-order valence-electron chi connectivity index (χ3n) is 6.03. The van der Waals surface area contributed by atoms with Crippen molar-refractivity contribution < 1.29 is 26.0 Å². The lowest BCUT2D eigenvalue weighted by atomic mass is 9.99. The van der Waals surface area contributed by atoms with E-state index >= 15 is 0 Å². The van der Waals surface area contributed by atoms with Crippen LogP contribution in [0.25, 0.3) is 0 Å². The molecule has 8 nitrogen and oxygen atoms in total. The van der Waals surface area contributed by atoms with Crippen molar-refractivity contribution in [3.63, 3.8) is 0 Å². The van der Waals surface area contributed by atoms with Crippen LogP contribution in [0.3, 0.4) is 0 Å². The Morgan fingerprint density at radius 2 is 1.30 bits per heavy atom. The highest BCUT2D eigenvalue weighted by Gasteiger charge is 2.33. The minimum absolute atomic E-state index is 0.0141. The van der Waals surface area contributed by atoms with E-state index in [1.54, 1.807) is 0 Å². The smallest absolute Gasteiger partial charge is 0.243 e. The van der Waals surface area contributed by atoms with Gasteiger partial charge in [0.2, 0.25) is 26.0 Å². The maximum atomic E-state index is 13.2. The number of carbonyl (C=O) groups excluding carboxylic acids is 1. The van der Waals surface area contributed by atoms with E-state index < -0.39 is 31.8 Å². The molecule has 0 aliphatic carbocycles. The molecule has 0 saturated carbocycles. The molecule has 11 heteroatoms. The van der Waals surface area contributed by atoms with Gasteiger partial charge in [0.05, 0.1) is 15.7 Å². The fourth-order valence-electron chi connectivity index (χ4n) is 4.16. The van der Waals surface area contributed by atoms with Crippen molar-refractivity contribution in [2.24, 2.45) is 5.92 Å². The quantitative estimate of drug-likeness (QED) is 0.664. The molecule has 2 aliphatic rings. The van der Waals surface area contributed by atoms with Crippen molar-refractivity contribution in [2.75, 3.05) is 31.5 Å². The second kappa shape index (κ2) is 9.49.